The van der Waals surface area contributed by atoms with Crippen LogP contribution in [0.5, 0.6) is 5.75 Å². The third-order valence-corrected chi connectivity index (χ3v) is 6.10. The van der Waals surface area contributed by atoms with E-state index >= 15 is 0 Å². The van der Waals surface area contributed by atoms with Crippen LogP contribution < -0.4 is 15.4 Å². The molecule has 0 heterocycles. The molecule has 1 atom stereocenters. The average molecular weight is 523 g/mol. The van der Waals surface area contributed by atoms with Crippen LogP contribution in [0.4, 0.5) is 5.69 Å². The molecule has 3 aromatic carbocycles. The largest absolute Gasteiger partial charge is 0.492 e. The van der Waals surface area contributed by atoms with Gasteiger partial charge in [-0.15, -0.1) is 0 Å². The lowest BCUT2D eigenvalue weighted by molar-refractivity contribution is 0.0938. The fourth-order valence-electron chi connectivity index (χ4n) is 3.52. The lowest BCUT2D eigenvalue weighted by Gasteiger charge is -2.15. The number of carbonyl (C=O) groups excluding carboxylic acids is 2. The molecule has 0 radical (unpaired) electrons. The van der Waals surface area contributed by atoms with Crippen molar-refractivity contribution in [3.05, 3.63) is 94.0 Å². The minimum absolute atomic E-state index is 0.128. The SMILES string of the molecule is CCCCCCOc1ccc(C(=O)Nc2cccc(C(=O)NC(C)c3ccccc3)c2)cc1Br. The van der Waals surface area contributed by atoms with Crippen molar-refractivity contribution < 1.29 is 14.3 Å². The molecule has 0 aliphatic heterocycles. The van der Waals surface area contributed by atoms with Crippen molar-refractivity contribution >= 4 is 33.4 Å². The van der Waals surface area contributed by atoms with E-state index in [1.54, 1.807) is 42.5 Å². The van der Waals surface area contributed by atoms with E-state index in [1.807, 2.05) is 37.3 Å². The Bertz CT molecular complexity index is 1100. The van der Waals surface area contributed by atoms with Gasteiger partial charge in [0.2, 0.25) is 0 Å². The summed E-state index contributed by atoms with van der Waals surface area (Å²) in [5.74, 6) is 0.264. The molecule has 2 N–H and O–H groups in total. The van der Waals surface area contributed by atoms with Crippen molar-refractivity contribution in [1.82, 2.24) is 5.32 Å². The number of hydrogen-bond donors (Lipinski definition) is 2. The Morgan fingerprint density at radius 2 is 1.65 bits per heavy atom. The zero-order valence-electron chi connectivity index (χ0n) is 19.6. The predicted molar refractivity (Wildman–Crippen MR) is 140 cm³/mol. The van der Waals surface area contributed by atoms with Crippen molar-refractivity contribution in [2.75, 3.05) is 11.9 Å². The first-order valence-corrected chi connectivity index (χ1v) is 12.5. The summed E-state index contributed by atoms with van der Waals surface area (Å²) in [7, 11) is 0. The highest BCUT2D eigenvalue weighted by Crippen LogP contribution is 2.27. The van der Waals surface area contributed by atoms with E-state index in [9.17, 15) is 9.59 Å². The molecule has 0 saturated carbocycles. The molecule has 3 aromatic rings. The van der Waals surface area contributed by atoms with Crippen molar-refractivity contribution in [3.63, 3.8) is 0 Å². The van der Waals surface area contributed by atoms with Crippen molar-refractivity contribution in [1.29, 1.82) is 0 Å². The van der Waals surface area contributed by atoms with Crippen molar-refractivity contribution in [3.8, 4) is 5.75 Å². The van der Waals surface area contributed by atoms with Gasteiger partial charge in [0.1, 0.15) is 5.75 Å². The summed E-state index contributed by atoms with van der Waals surface area (Å²) < 4.78 is 6.55. The lowest BCUT2D eigenvalue weighted by Crippen LogP contribution is -2.26. The Labute approximate surface area is 210 Å². The molecule has 0 spiro atoms. The summed E-state index contributed by atoms with van der Waals surface area (Å²) in [6, 6.07) is 21.8. The molecule has 0 fully saturated rings. The Kier molecular flexibility index (Phi) is 9.71. The van der Waals surface area contributed by atoms with Crippen LogP contribution in [0.25, 0.3) is 0 Å². The number of nitrogens with one attached hydrogen (secondary N) is 2. The standard InChI is InChI=1S/C28H31BrN2O3/c1-3-4-5-9-17-34-26-16-15-23(19-25(26)29)28(33)31-24-14-10-13-22(18-24)27(32)30-20(2)21-11-7-6-8-12-21/h6-8,10-16,18-20H,3-5,9,17H2,1-2H3,(H,30,32)(H,31,33). The van der Waals surface area contributed by atoms with Gasteiger partial charge in [0.05, 0.1) is 17.1 Å². The Balaban J connectivity index is 1.59. The first-order chi connectivity index (χ1) is 16.5. The van der Waals surface area contributed by atoms with Crippen LogP contribution in [0.1, 0.15) is 71.9 Å². The number of hydrogen-bond acceptors (Lipinski definition) is 3. The van der Waals surface area contributed by atoms with Crippen LogP contribution in [0.2, 0.25) is 0 Å². The number of carbonyl (C=O) groups is 2. The van der Waals surface area contributed by atoms with Crippen LogP contribution in [-0.4, -0.2) is 18.4 Å². The highest BCUT2D eigenvalue weighted by molar-refractivity contribution is 9.10. The molecular formula is C28H31BrN2O3. The second-order valence-corrected chi connectivity index (χ2v) is 9.05. The molecule has 34 heavy (non-hydrogen) atoms. The zero-order chi connectivity index (χ0) is 24.3. The van der Waals surface area contributed by atoms with Crippen LogP contribution >= 0.6 is 15.9 Å². The number of anilines is 1. The smallest absolute Gasteiger partial charge is 0.255 e. The van der Waals surface area contributed by atoms with Gasteiger partial charge in [-0.1, -0.05) is 62.6 Å². The lowest BCUT2D eigenvalue weighted by atomic mass is 10.1. The minimum atomic E-state index is -0.259. The second kappa shape index (κ2) is 12.9. The third-order valence-electron chi connectivity index (χ3n) is 5.48. The van der Waals surface area contributed by atoms with E-state index in [0.29, 0.717) is 23.4 Å². The molecule has 178 valence electrons. The quantitative estimate of drug-likeness (QED) is 0.262. The molecule has 2 amide bonds. The average Bonchev–Trinajstić information content (AvgIpc) is 2.85. The maximum Gasteiger partial charge on any atom is 0.255 e. The molecule has 6 heteroatoms. The Morgan fingerprint density at radius 3 is 2.38 bits per heavy atom. The number of benzene rings is 3. The maximum atomic E-state index is 12.8. The fourth-order valence-corrected chi connectivity index (χ4v) is 4.01. The topological polar surface area (TPSA) is 67.4 Å². The number of halogens is 1. The van der Waals surface area contributed by atoms with Crippen LogP contribution in [0.3, 0.4) is 0 Å². The summed E-state index contributed by atoms with van der Waals surface area (Å²) in [4.78, 5) is 25.5. The van der Waals surface area contributed by atoms with Crippen LogP contribution in [-0.2, 0) is 0 Å². The van der Waals surface area contributed by atoms with Gasteiger partial charge in [0.15, 0.2) is 0 Å². The number of ether oxygens (including phenoxy) is 1. The monoisotopic (exact) mass is 522 g/mol. The van der Waals surface area contributed by atoms with Gasteiger partial charge in [-0.3, -0.25) is 9.59 Å². The minimum Gasteiger partial charge on any atom is -0.492 e. The molecule has 1 unspecified atom stereocenters. The molecule has 0 saturated heterocycles. The first kappa shape index (κ1) is 25.5. The van der Waals surface area contributed by atoms with Crippen molar-refractivity contribution in [2.45, 2.75) is 45.6 Å². The van der Waals surface area contributed by atoms with Gasteiger partial charge in [0, 0.05) is 16.8 Å². The van der Waals surface area contributed by atoms with Gasteiger partial charge < -0.3 is 15.4 Å². The summed E-state index contributed by atoms with van der Waals surface area (Å²) in [6.45, 7) is 4.77. The summed E-state index contributed by atoms with van der Waals surface area (Å²) in [6.07, 6.45) is 4.56. The fraction of sp³-hybridized carbons (Fsp3) is 0.286. The van der Waals surface area contributed by atoms with E-state index in [1.165, 1.54) is 12.8 Å². The number of amides is 2. The Hall–Kier alpha value is -3.12. The van der Waals surface area contributed by atoms with E-state index in [0.717, 1.165) is 28.6 Å². The number of rotatable bonds is 11. The van der Waals surface area contributed by atoms with E-state index in [-0.39, 0.29) is 17.9 Å². The highest BCUT2D eigenvalue weighted by Gasteiger charge is 2.14. The second-order valence-electron chi connectivity index (χ2n) is 8.20. The molecule has 0 aliphatic rings. The molecule has 5 nitrogen and oxygen atoms in total. The Morgan fingerprint density at radius 1 is 0.882 bits per heavy atom. The van der Waals surface area contributed by atoms with Gasteiger partial charge in [-0.25, -0.2) is 0 Å². The van der Waals surface area contributed by atoms with Gasteiger partial charge in [-0.05, 0) is 71.2 Å². The van der Waals surface area contributed by atoms with E-state index in [2.05, 4.69) is 33.5 Å². The van der Waals surface area contributed by atoms with Crippen LogP contribution in [0, 0.1) is 0 Å². The third kappa shape index (κ3) is 7.45. The summed E-state index contributed by atoms with van der Waals surface area (Å²) in [5, 5.41) is 5.87. The highest BCUT2D eigenvalue weighted by atomic mass is 79.9. The van der Waals surface area contributed by atoms with E-state index < -0.39 is 0 Å². The molecular weight excluding hydrogens is 492 g/mol. The van der Waals surface area contributed by atoms with Gasteiger partial charge >= 0.3 is 0 Å². The zero-order valence-corrected chi connectivity index (χ0v) is 21.2. The maximum absolute atomic E-state index is 12.8. The normalized spacial score (nSPS) is 11.5. The molecule has 0 aromatic heterocycles. The van der Waals surface area contributed by atoms with Crippen molar-refractivity contribution in [2.24, 2.45) is 0 Å². The number of unbranched alkanes of at least 4 members (excludes halogenated alkanes) is 3. The molecule has 0 bridgehead atoms. The van der Waals surface area contributed by atoms with Crippen LogP contribution in [0.15, 0.2) is 77.3 Å². The first-order valence-electron chi connectivity index (χ1n) is 11.7. The van der Waals surface area contributed by atoms with E-state index in [4.69, 9.17) is 4.74 Å². The summed E-state index contributed by atoms with van der Waals surface area (Å²) in [5.41, 5.74) is 2.56. The molecule has 0 aliphatic carbocycles. The van der Waals surface area contributed by atoms with Gasteiger partial charge in [-0.2, -0.15) is 0 Å². The summed E-state index contributed by atoms with van der Waals surface area (Å²) >= 11 is 3.50. The molecule has 3 rings (SSSR count). The predicted octanol–water partition coefficient (Wildman–Crippen LogP) is 7.15. The van der Waals surface area contributed by atoms with Gasteiger partial charge in [0.25, 0.3) is 11.8 Å².